The maximum absolute atomic E-state index is 12.1. The molecule has 0 saturated heterocycles. The van der Waals surface area contributed by atoms with E-state index in [1.54, 1.807) is 33.3 Å². The Morgan fingerprint density at radius 1 is 0.964 bits per heavy atom. The molecule has 28 heavy (non-hydrogen) atoms. The number of methoxy groups -OCH3 is 3. The van der Waals surface area contributed by atoms with Gasteiger partial charge < -0.3 is 18.9 Å². The van der Waals surface area contributed by atoms with Gasteiger partial charge in [-0.25, -0.2) is 5.43 Å². The van der Waals surface area contributed by atoms with Gasteiger partial charge in [0.25, 0.3) is 5.91 Å². The highest BCUT2D eigenvalue weighted by Crippen LogP contribution is 2.38. The highest BCUT2D eigenvalue weighted by molar-refractivity contribution is 6.00. The van der Waals surface area contributed by atoms with E-state index in [1.807, 2.05) is 32.0 Å². The Labute approximate surface area is 165 Å². The average Bonchev–Trinajstić information content (AvgIpc) is 2.71. The second kappa shape index (κ2) is 9.64. The summed E-state index contributed by atoms with van der Waals surface area (Å²) in [7, 11) is 4.62. The van der Waals surface area contributed by atoms with E-state index >= 15 is 0 Å². The first-order valence-electron chi connectivity index (χ1n) is 8.73. The summed E-state index contributed by atoms with van der Waals surface area (Å²) in [6.07, 6.45) is 0. The third-order valence-corrected chi connectivity index (χ3v) is 4.13. The lowest BCUT2D eigenvalue weighted by atomic mass is 10.1. The third-order valence-electron chi connectivity index (χ3n) is 4.13. The van der Waals surface area contributed by atoms with E-state index in [0.717, 1.165) is 16.7 Å². The Balaban J connectivity index is 2.07. The number of hydrazone groups is 1. The van der Waals surface area contributed by atoms with Crippen molar-refractivity contribution in [3.05, 3.63) is 47.0 Å². The number of nitrogens with zero attached hydrogens (tertiary/aromatic N) is 1. The first kappa shape index (κ1) is 21.1. The molecule has 0 aliphatic carbocycles. The zero-order valence-electron chi connectivity index (χ0n) is 17.1. The third kappa shape index (κ3) is 5.16. The van der Waals surface area contributed by atoms with E-state index in [-0.39, 0.29) is 12.5 Å². The van der Waals surface area contributed by atoms with Gasteiger partial charge in [0.05, 0.1) is 27.0 Å². The molecule has 0 radical (unpaired) electrons. The fourth-order valence-corrected chi connectivity index (χ4v) is 2.54. The molecule has 0 aromatic heterocycles. The van der Waals surface area contributed by atoms with Gasteiger partial charge in [0.2, 0.25) is 5.75 Å². The van der Waals surface area contributed by atoms with Crippen LogP contribution in [0.2, 0.25) is 0 Å². The number of hydrogen-bond acceptors (Lipinski definition) is 6. The quantitative estimate of drug-likeness (QED) is 0.557. The van der Waals surface area contributed by atoms with Crippen LogP contribution in [0.25, 0.3) is 0 Å². The molecule has 2 aromatic carbocycles. The summed E-state index contributed by atoms with van der Waals surface area (Å²) in [4.78, 5) is 12.1. The van der Waals surface area contributed by atoms with Crippen molar-refractivity contribution in [2.75, 3.05) is 27.9 Å². The van der Waals surface area contributed by atoms with Crippen molar-refractivity contribution >= 4 is 11.6 Å². The summed E-state index contributed by atoms with van der Waals surface area (Å²) in [6.45, 7) is 5.54. The topological polar surface area (TPSA) is 78.4 Å². The van der Waals surface area contributed by atoms with Gasteiger partial charge in [0, 0.05) is 5.56 Å². The molecular weight excluding hydrogens is 360 g/mol. The SMILES string of the molecule is COc1cc(C(C)=NNC(=O)COc2cc(C)ccc2C)cc(OC)c1OC. The lowest BCUT2D eigenvalue weighted by Crippen LogP contribution is -2.25. The first-order chi connectivity index (χ1) is 13.4. The normalized spacial score (nSPS) is 11.0. The van der Waals surface area contributed by atoms with Crippen molar-refractivity contribution in [1.29, 1.82) is 0 Å². The van der Waals surface area contributed by atoms with Crippen molar-refractivity contribution in [2.24, 2.45) is 5.10 Å². The van der Waals surface area contributed by atoms with Crippen LogP contribution >= 0.6 is 0 Å². The molecule has 0 aliphatic heterocycles. The Kier molecular flexibility index (Phi) is 7.26. The van der Waals surface area contributed by atoms with Crippen LogP contribution in [0.15, 0.2) is 35.4 Å². The molecule has 0 bridgehead atoms. The molecule has 7 heteroatoms. The minimum Gasteiger partial charge on any atom is -0.493 e. The van der Waals surface area contributed by atoms with Crippen LogP contribution in [0.5, 0.6) is 23.0 Å². The second-order valence-electron chi connectivity index (χ2n) is 6.20. The predicted molar refractivity (Wildman–Crippen MR) is 108 cm³/mol. The highest BCUT2D eigenvalue weighted by Gasteiger charge is 2.14. The van der Waals surface area contributed by atoms with E-state index < -0.39 is 0 Å². The molecule has 0 unspecified atom stereocenters. The summed E-state index contributed by atoms with van der Waals surface area (Å²) in [5.74, 6) is 1.84. The fourth-order valence-electron chi connectivity index (χ4n) is 2.54. The van der Waals surface area contributed by atoms with Crippen LogP contribution in [0.4, 0.5) is 0 Å². The highest BCUT2D eigenvalue weighted by atomic mass is 16.5. The molecule has 0 saturated carbocycles. The lowest BCUT2D eigenvalue weighted by Gasteiger charge is -2.14. The van der Waals surface area contributed by atoms with Gasteiger partial charge in [0.1, 0.15) is 5.75 Å². The maximum Gasteiger partial charge on any atom is 0.277 e. The molecule has 150 valence electrons. The molecule has 0 atom stereocenters. The predicted octanol–water partition coefficient (Wildman–Crippen LogP) is 3.25. The van der Waals surface area contributed by atoms with Gasteiger partial charge in [-0.05, 0) is 50.1 Å². The Morgan fingerprint density at radius 2 is 1.61 bits per heavy atom. The Morgan fingerprint density at radius 3 is 2.18 bits per heavy atom. The van der Waals surface area contributed by atoms with Gasteiger partial charge in [-0.15, -0.1) is 0 Å². The summed E-state index contributed by atoms with van der Waals surface area (Å²) in [6, 6.07) is 9.37. The molecule has 1 amide bonds. The van der Waals surface area contributed by atoms with E-state index in [4.69, 9.17) is 18.9 Å². The van der Waals surface area contributed by atoms with Crippen molar-refractivity contribution in [3.8, 4) is 23.0 Å². The summed E-state index contributed by atoms with van der Waals surface area (Å²) in [5.41, 5.74) is 5.84. The lowest BCUT2D eigenvalue weighted by molar-refractivity contribution is -0.123. The van der Waals surface area contributed by atoms with Crippen molar-refractivity contribution < 1.29 is 23.7 Å². The molecular formula is C21H26N2O5. The number of hydrogen-bond donors (Lipinski definition) is 1. The molecule has 7 nitrogen and oxygen atoms in total. The van der Waals surface area contributed by atoms with Crippen LogP contribution in [0, 0.1) is 13.8 Å². The van der Waals surface area contributed by atoms with Gasteiger partial charge in [-0.1, -0.05) is 12.1 Å². The first-order valence-corrected chi connectivity index (χ1v) is 8.73. The number of amides is 1. The molecule has 1 N–H and O–H groups in total. The number of nitrogens with one attached hydrogen (secondary N) is 1. The zero-order valence-corrected chi connectivity index (χ0v) is 17.1. The number of aryl methyl sites for hydroxylation is 2. The van der Waals surface area contributed by atoms with Gasteiger partial charge in [-0.2, -0.15) is 5.10 Å². The number of rotatable bonds is 8. The van der Waals surface area contributed by atoms with Crippen LogP contribution in [0.1, 0.15) is 23.6 Å². The Hall–Kier alpha value is -3.22. The van der Waals surface area contributed by atoms with Crippen LogP contribution in [-0.2, 0) is 4.79 Å². The molecule has 0 fully saturated rings. The minimum atomic E-state index is -0.354. The standard InChI is InChI=1S/C21H26N2O5/c1-13-7-8-14(2)17(9-13)28-12-20(24)23-22-15(3)16-10-18(25-4)21(27-6)19(11-16)26-5/h7-11H,12H2,1-6H3,(H,23,24). The largest absolute Gasteiger partial charge is 0.493 e. The fraction of sp³-hybridized carbons (Fsp3) is 0.333. The average molecular weight is 386 g/mol. The summed E-state index contributed by atoms with van der Waals surface area (Å²) < 4.78 is 21.6. The number of carbonyl (C=O) groups excluding carboxylic acids is 1. The maximum atomic E-state index is 12.1. The van der Waals surface area contributed by atoms with E-state index in [0.29, 0.717) is 28.7 Å². The molecule has 0 aliphatic rings. The van der Waals surface area contributed by atoms with Gasteiger partial charge >= 0.3 is 0 Å². The smallest absolute Gasteiger partial charge is 0.277 e. The van der Waals surface area contributed by atoms with Crippen molar-refractivity contribution in [3.63, 3.8) is 0 Å². The van der Waals surface area contributed by atoms with Crippen LogP contribution in [0.3, 0.4) is 0 Å². The van der Waals surface area contributed by atoms with E-state index in [1.165, 1.54) is 7.11 Å². The molecule has 2 aromatic rings. The number of ether oxygens (including phenoxy) is 4. The Bertz CT molecular complexity index is 852. The van der Waals surface area contributed by atoms with E-state index in [9.17, 15) is 4.79 Å². The number of benzene rings is 2. The monoisotopic (exact) mass is 386 g/mol. The zero-order chi connectivity index (χ0) is 20.7. The van der Waals surface area contributed by atoms with E-state index in [2.05, 4.69) is 10.5 Å². The second-order valence-corrected chi connectivity index (χ2v) is 6.20. The van der Waals surface area contributed by atoms with Crippen molar-refractivity contribution in [2.45, 2.75) is 20.8 Å². The summed E-state index contributed by atoms with van der Waals surface area (Å²) in [5, 5.41) is 4.14. The van der Waals surface area contributed by atoms with Crippen LogP contribution < -0.4 is 24.4 Å². The van der Waals surface area contributed by atoms with Crippen LogP contribution in [-0.4, -0.2) is 39.6 Å². The minimum absolute atomic E-state index is 0.129. The van der Waals surface area contributed by atoms with Gasteiger partial charge in [-0.3, -0.25) is 4.79 Å². The van der Waals surface area contributed by atoms with Gasteiger partial charge in [0.15, 0.2) is 18.1 Å². The number of carbonyl (C=O) groups is 1. The molecule has 2 rings (SSSR count). The van der Waals surface area contributed by atoms with Crippen molar-refractivity contribution in [1.82, 2.24) is 5.43 Å². The molecule has 0 spiro atoms. The summed E-state index contributed by atoms with van der Waals surface area (Å²) >= 11 is 0. The molecule has 0 heterocycles.